The molecule has 0 N–H and O–H groups in total. The van der Waals surface area contributed by atoms with E-state index in [0.717, 1.165) is 72.4 Å². The maximum atomic E-state index is 9.46. The van der Waals surface area contributed by atoms with Crippen LogP contribution in [0.3, 0.4) is 0 Å². The number of rotatable bonds is 9. The number of nitrogens with zero attached hydrogens (tertiary/aromatic N) is 3. The number of aromatic nitrogens is 3. The van der Waals surface area contributed by atoms with Crippen molar-refractivity contribution in [2.75, 3.05) is 0 Å². The first-order valence-corrected chi connectivity index (χ1v) is 21.1. The van der Waals surface area contributed by atoms with Gasteiger partial charge in [-0.25, -0.2) is 4.98 Å². The van der Waals surface area contributed by atoms with Crippen LogP contribution in [0, 0.1) is 33.9 Å². The second-order valence-electron chi connectivity index (χ2n) is 17.3. The minimum atomic E-state index is -2.83. The third-order valence-electron chi connectivity index (χ3n) is 11.5. The molecule has 9 aromatic rings. The molecule has 2 aromatic heterocycles. The number of ether oxygens (including phenoxy) is 1. The number of hydrogen-bond donors (Lipinski definition) is 0. The van der Waals surface area contributed by atoms with E-state index in [1.165, 1.54) is 0 Å². The van der Waals surface area contributed by atoms with Gasteiger partial charge >= 0.3 is 21.1 Å². The number of aryl methyl sites for hydroxylation is 2. The van der Waals surface area contributed by atoms with Crippen LogP contribution >= 0.6 is 0 Å². The molecule has 5 heteroatoms. The number of hydrogen-bond acceptors (Lipinski definition) is 3. The van der Waals surface area contributed by atoms with Crippen LogP contribution < -0.4 is 4.74 Å². The molecule has 0 radical (unpaired) electrons. The first-order chi connectivity index (χ1) is 33.6. The van der Waals surface area contributed by atoms with Gasteiger partial charge in [-0.15, -0.1) is 29.3 Å². The van der Waals surface area contributed by atoms with Crippen LogP contribution in [-0.4, -0.2) is 14.5 Å². The fraction of sp³-hybridized carbons (Fsp3) is 0.169. The average molecular weight is 1020 g/mol. The quantitative estimate of drug-likeness (QED) is 0.135. The summed E-state index contributed by atoms with van der Waals surface area (Å²) in [6.07, 6.45) is 1.55. The van der Waals surface area contributed by atoms with Crippen molar-refractivity contribution < 1.29 is 36.8 Å². The van der Waals surface area contributed by atoms with Gasteiger partial charge in [-0.3, -0.25) is 9.55 Å². The molecule has 4 nitrogen and oxygen atoms in total. The van der Waals surface area contributed by atoms with Crippen LogP contribution in [0.2, 0.25) is 0 Å². The summed E-state index contributed by atoms with van der Waals surface area (Å²) < 4.78 is 76.3. The monoisotopic (exact) mass is 1020 g/mol. The largest absolute Gasteiger partial charge is 2.00 e. The molecule has 0 aliphatic rings. The minimum Gasteiger partial charge on any atom is -0.665 e. The van der Waals surface area contributed by atoms with Gasteiger partial charge in [0.1, 0.15) is 5.82 Å². The molecule has 0 fully saturated rings. The molecule has 7 aromatic carbocycles. The zero-order valence-corrected chi connectivity index (χ0v) is 39.2. The summed E-state index contributed by atoms with van der Waals surface area (Å²) in [4.78, 5) is 10.4. The molecule has 0 amide bonds. The van der Waals surface area contributed by atoms with Gasteiger partial charge < -0.3 is 4.74 Å². The Labute approximate surface area is 404 Å². The molecular formula is C59H53N3OPt. The van der Waals surface area contributed by atoms with Gasteiger partial charge in [0, 0.05) is 22.9 Å². The number of imidazole rings is 1. The van der Waals surface area contributed by atoms with E-state index in [0.29, 0.717) is 33.9 Å². The van der Waals surface area contributed by atoms with Crippen LogP contribution in [0.4, 0.5) is 0 Å². The number of benzene rings is 7. The average Bonchev–Trinajstić information content (AvgIpc) is 3.72. The van der Waals surface area contributed by atoms with Crippen molar-refractivity contribution >= 4 is 11.0 Å². The van der Waals surface area contributed by atoms with Crippen molar-refractivity contribution in [3.63, 3.8) is 0 Å². The van der Waals surface area contributed by atoms with Crippen molar-refractivity contribution in [1.82, 2.24) is 14.5 Å². The Morgan fingerprint density at radius 1 is 0.703 bits per heavy atom. The molecule has 0 atom stereocenters. The van der Waals surface area contributed by atoms with E-state index in [1.54, 1.807) is 18.3 Å². The zero-order valence-electron chi connectivity index (χ0n) is 45.0. The van der Waals surface area contributed by atoms with E-state index in [1.807, 2.05) is 82.3 Å². The fourth-order valence-electron chi connectivity index (χ4n) is 8.42. The van der Waals surface area contributed by atoms with Crippen LogP contribution in [0.1, 0.15) is 79.3 Å². The Morgan fingerprint density at radius 3 is 2.05 bits per heavy atom. The number of fused-ring (bicyclic) bond motifs is 1. The van der Waals surface area contributed by atoms with Crippen molar-refractivity contribution in [3.05, 3.63) is 199 Å². The Bertz CT molecular complexity index is 3510. The Morgan fingerprint density at radius 2 is 1.39 bits per heavy atom. The van der Waals surface area contributed by atoms with E-state index in [4.69, 9.17) is 24.3 Å². The maximum Gasteiger partial charge on any atom is 2.00 e. The third-order valence-corrected chi connectivity index (χ3v) is 11.5. The first kappa shape index (κ1) is 35.1. The molecule has 0 saturated heterocycles. The first-order valence-electron chi connectivity index (χ1n) is 25.1. The van der Waals surface area contributed by atoms with Crippen molar-refractivity contribution in [1.29, 1.82) is 0 Å². The Hall–Kier alpha value is -6.35. The van der Waals surface area contributed by atoms with E-state index >= 15 is 0 Å². The van der Waals surface area contributed by atoms with Gasteiger partial charge in [-0.1, -0.05) is 160 Å². The predicted molar refractivity (Wildman–Crippen MR) is 263 cm³/mol. The molecule has 0 spiro atoms. The second-order valence-corrected chi connectivity index (χ2v) is 17.3. The molecule has 0 bridgehead atoms. The van der Waals surface area contributed by atoms with Crippen LogP contribution in [-0.2, 0) is 26.5 Å². The van der Waals surface area contributed by atoms with E-state index in [2.05, 4.69) is 99.2 Å². The summed E-state index contributed by atoms with van der Waals surface area (Å²) >= 11 is 0. The van der Waals surface area contributed by atoms with Gasteiger partial charge in [-0.05, 0) is 107 Å². The van der Waals surface area contributed by atoms with E-state index in [-0.39, 0.29) is 32.0 Å². The second kappa shape index (κ2) is 18.0. The van der Waals surface area contributed by atoms with Gasteiger partial charge in [0.15, 0.2) is 0 Å². The summed E-state index contributed by atoms with van der Waals surface area (Å²) in [6, 6.07) is 44.0. The molecule has 320 valence electrons. The molecule has 0 aliphatic heterocycles. The molecule has 2 heterocycles. The van der Waals surface area contributed by atoms with E-state index < -0.39 is 42.5 Å². The van der Waals surface area contributed by atoms with Crippen LogP contribution in [0.15, 0.2) is 158 Å². The van der Waals surface area contributed by atoms with Gasteiger partial charge in [0.05, 0.1) is 33.5 Å². The fourth-order valence-corrected chi connectivity index (χ4v) is 8.42. The summed E-state index contributed by atoms with van der Waals surface area (Å²) in [6.45, 7) is 11.4. The summed E-state index contributed by atoms with van der Waals surface area (Å²) in [5, 5.41) is 0. The maximum absolute atomic E-state index is 9.46. The van der Waals surface area contributed by atoms with Gasteiger partial charge in [0.2, 0.25) is 0 Å². The van der Waals surface area contributed by atoms with Crippen molar-refractivity contribution in [3.8, 4) is 78.6 Å². The van der Waals surface area contributed by atoms with Crippen LogP contribution in [0.25, 0.3) is 83.9 Å². The SMILES string of the molecule is [2H]c1c([2H])c(C([2H])([2H])[2H])c([2H])c([2H])c1-c1ccnc(-c2[c-]c(-c3cccc4c3nc(-c3cc(C)cc(C)c3O[CH2-])n4-c3cc(-c4ccccc4)c(C([2H])(C)C)cc3-c3ccccc3)cc(C(C)(C)C)c2)c1.[Pt+2]. The zero-order chi connectivity index (χ0) is 50.9. The molecule has 9 rings (SSSR count). The van der Waals surface area contributed by atoms with Gasteiger partial charge in [0.25, 0.3) is 0 Å². The topological polar surface area (TPSA) is 39.9 Å². The summed E-state index contributed by atoms with van der Waals surface area (Å²) in [5.74, 6) is 0.249. The summed E-state index contributed by atoms with van der Waals surface area (Å²) in [5.41, 5.74) is 12.6. The summed E-state index contributed by atoms with van der Waals surface area (Å²) in [7, 11) is 3.91. The Kier molecular flexibility index (Phi) is 9.87. The van der Waals surface area contributed by atoms with Gasteiger partial charge in [-0.2, -0.15) is 7.11 Å². The molecule has 0 unspecified atom stereocenters. The van der Waals surface area contributed by atoms with Crippen molar-refractivity contribution in [2.24, 2.45) is 0 Å². The Balaban J connectivity index is 0.00000693. The predicted octanol–water partition coefficient (Wildman–Crippen LogP) is 15.7. The third kappa shape index (κ3) is 8.52. The molecule has 64 heavy (non-hydrogen) atoms. The molecule has 0 aliphatic carbocycles. The van der Waals surface area contributed by atoms with E-state index in [9.17, 15) is 1.37 Å². The van der Waals surface area contributed by atoms with Crippen LogP contribution in [0.5, 0.6) is 5.75 Å². The molecular weight excluding hydrogens is 962 g/mol. The smallest absolute Gasteiger partial charge is 0.665 e. The number of para-hydroxylation sites is 1. The number of pyridine rings is 1. The normalized spacial score (nSPS) is 13.7. The standard InChI is InChI=1S/C59H53N3O.Pt/c1-37(2)49-35-51(43-19-14-11-15-20-43)55(36-50(49)42-17-12-10-13-18-42)62-54-22-16-21-48(56(54)61-58(62)52-30-39(4)29-40(5)57(52)63-9)45-31-46(33-47(32-45)59(6,7)8)53-34-44(27-28-60-53)41-25-23-38(3)24-26-41;/h10-30,32-37H,9H2,1-8H3;/q-2;+2/i3D3,23D,24D,25D,26D,37D;. The molecule has 0 saturated carbocycles. The van der Waals surface area contributed by atoms with Crippen molar-refractivity contribution in [2.45, 2.75) is 66.6 Å². The minimum absolute atomic E-state index is 0.